The Labute approximate surface area is 123 Å². The Morgan fingerprint density at radius 2 is 2.00 bits per heavy atom. The number of morpholine rings is 1. The Morgan fingerprint density at radius 3 is 2.80 bits per heavy atom. The maximum absolute atomic E-state index is 5.64. The van der Waals surface area contributed by atoms with Gasteiger partial charge in [0.1, 0.15) is 0 Å². The first-order valence-electron chi connectivity index (χ1n) is 8.70. The summed E-state index contributed by atoms with van der Waals surface area (Å²) in [6.07, 6.45) is 8.32. The third-order valence-corrected chi connectivity index (χ3v) is 5.32. The molecule has 0 aromatic carbocycles. The Hall–Kier alpha value is -0.160. The number of rotatable bonds is 5. The van der Waals surface area contributed by atoms with Crippen LogP contribution in [0.15, 0.2) is 0 Å². The van der Waals surface area contributed by atoms with Crippen LogP contribution < -0.4 is 10.6 Å². The highest BCUT2D eigenvalue weighted by Crippen LogP contribution is 2.29. The van der Waals surface area contributed by atoms with Crippen molar-refractivity contribution in [1.29, 1.82) is 0 Å². The average molecular weight is 281 g/mol. The molecule has 2 N–H and O–H groups in total. The molecular weight excluding hydrogens is 250 g/mol. The van der Waals surface area contributed by atoms with Gasteiger partial charge in [0.25, 0.3) is 0 Å². The molecule has 20 heavy (non-hydrogen) atoms. The Kier molecular flexibility index (Phi) is 5.71. The number of likely N-dealkylation sites (tertiary alicyclic amines) is 1. The normalized spacial score (nSPS) is 36.3. The van der Waals surface area contributed by atoms with Crippen molar-refractivity contribution in [1.82, 2.24) is 15.5 Å². The molecule has 0 bridgehead atoms. The molecule has 116 valence electrons. The number of ether oxygens (including phenoxy) is 1. The zero-order valence-electron chi connectivity index (χ0n) is 12.8. The molecule has 0 aromatic heterocycles. The minimum atomic E-state index is 0.582. The van der Waals surface area contributed by atoms with Crippen LogP contribution >= 0.6 is 0 Å². The van der Waals surface area contributed by atoms with Gasteiger partial charge in [-0.2, -0.15) is 0 Å². The summed E-state index contributed by atoms with van der Waals surface area (Å²) in [6.45, 7) is 7.85. The van der Waals surface area contributed by atoms with Gasteiger partial charge in [0.05, 0.1) is 13.2 Å². The molecule has 3 unspecified atom stereocenters. The highest BCUT2D eigenvalue weighted by molar-refractivity contribution is 4.92. The lowest BCUT2D eigenvalue weighted by atomic mass is 9.94. The van der Waals surface area contributed by atoms with Crippen molar-refractivity contribution in [3.05, 3.63) is 0 Å². The van der Waals surface area contributed by atoms with Crippen LogP contribution in [-0.4, -0.2) is 62.9 Å². The molecule has 1 aliphatic carbocycles. The standard InChI is InChI=1S/C16H31N3O/c1-2-9-19(10-3-1)11-7-17-15-6-4-5-14(15)16-13-20-12-8-18-16/h14-18H,1-13H2. The first-order valence-corrected chi connectivity index (χ1v) is 8.70. The molecule has 0 spiro atoms. The highest BCUT2D eigenvalue weighted by Gasteiger charge is 2.34. The van der Waals surface area contributed by atoms with Crippen LogP contribution in [0.2, 0.25) is 0 Å². The fourth-order valence-corrected chi connectivity index (χ4v) is 4.18. The summed E-state index contributed by atoms with van der Waals surface area (Å²) in [7, 11) is 0. The van der Waals surface area contributed by atoms with Gasteiger partial charge in [-0.3, -0.25) is 0 Å². The van der Waals surface area contributed by atoms with E-state index in [1.54, 1.807) is 0 Å². The molecule has 0 aromatic rings. The van der Waals surface area contributed by atoms with E-state index in [0.29, 0.717) is 12.1 Å². The predicted molar refractivity (Wildman–Crippen MR) is 82.0 cm³/mol. The van der Waals surface area contributed by atoms with Gasteiger partial charge in [-0.15, -0.1) is 0 Å². The maximum atomic E-state index is 5.64. The molecule has 4 heteroatoms. The first kappa shape index (κ1) is 14.8. The third-order valence-electron chi connectivity index (χ3n) is 5.32. The van der Waals surface area contributed by atoms with Gasteiger partial charge < -0.3 is 20.3 Å². The fraction of sp³-hybridized carbons (Fsp3) is 1.00. The number of nitrogens with zero attached hydrogens (tertiary/aromatic N) is 1. The molecular formula is C16H31N3O. The van der Waals surface area contributed by atoms with Crippen molar-refractivity contribution in [2.45, 2.75) is 50.6 Å². The summed E-state index contributed by atoms with van der Waals surface area (Å²) in [4.78, 5) is 2.63. The molecule has 3 fully saturated rings. The van der Waals surface area contributed by atoms with Crippen LogP contribution in [0.25, 0.3) is 0 Å². The number of hydrogen-bond acceptors (Lipinski definition) is 4. The second kappa shape index (κ2) is 7.74. The van der Waals surface area contributed by atoms with Crippen LogP contribution in [0.1, 0.15) is 38.5 Å². The zero-order chi connectivity index (χ0) is 13.6. The molecule has 4 nitrogen and oxygen atoms in total. The van der Waals surface area contributed by atoms with E-state index in [9.17, 15) is 0 Å². The summed E-state index contributed by atoms with van der Waals surface area (Å²) in [5.74, 6) is 0.775. The number of piperidine rings is 1. The Bertz CT molecular complexity index is 275. The van der Waals surface area contributed by atoms with Gasteiger partial charge in [0.2, 0.25) is 0 Å². The molecule has 3 aliphatic rings. The van der Waals surface area contributed by atoms with Crippen molar-refractivity contribution in [3.63, 3.8) is 0 Å². The lowest BCUT2D eigenvalue weighted by molar-refractivity contribution is 0.0523. The molecule has 1 saturated carbocycles. The molecule has 2 heterocycles. The Balaban J connectivity index is 1.39. The topological polar surface area (TPSA) is 36.5 Å². The molecule has 3 atom stereocenters. The van der Waals surface area contributed by atoms with Crippen molar-refractivity contribution in [2.75, 3.05) is 45.9 Å². The Morgan fingerprint density at radius 1 is 1.10 bits per heavy atom. The van der Waals surface area contributed by atoms with E-state index in [0.717, 1.165) is 32.2 Å². The van der Waals surface area contributed by atoms with E-state index in [4.69, 9.17) is 4.74 Å². The molecule has 2 aliphatic heterocycles. The molecule has 2 saturated heterocycles. The SMILES string of the molecule is C1CCN(CCNC2CCCC2C2COCCN2)CC1. The van der Waals surface area contributed by atoms with Gasteiger partial charge in [-0.05, 0) is 44.7 Å². The summed E-state index contributed by atoms with van der Waals surface area (Å²) < 4.78 is 5.64. The van der Waals surface area contributed by atoms with Crippen molar-refractivity contribution >= 4 is 0 Å². The molecule has 3 rings (SSSR count). The largest absolute Gasteiger partial charge is 0.379 e. The van der Waals surface area contributed by atoms with Gasteiger partial charge >= 0.3 is 0 Å². The smallest absolute Gasteiger partial charge is 0.0623 e. The van der Waals surface area contributed by atoms with Gasteiger partial charge in [0.15, 0.2) is 0 Å². The maximum Gasteiger partial charge on any atom is 0.0623 e. The molecule has 0 amide bonds. The second-order valence-electron chi connectivity index (χ2n) is 6.69. The van der Waals surface area contributed by atoms with Crippen LogP contribution in [0.5, 0.6) is 0 Å². The van der Waals surface area contributed by atoms with Crippen LogP contribution in [0.3, 0.4) is 0 Å². The monoisotopic (exact) mass is 281 g/mol. The quantitative estimate of drug-likeness (QED) is 0.794. The van der Waals surface area contributed by atoms with E-state index in [1.807, 2.05) is 0 Å². The first-order chi connectivity index (χ1) is 9.93. The number of hydrogen-bond donors (Lipinski definition) is 2. The van der Waals surface area contributed by atoms with Crippen molar-refractivity contribution in [2.24, 2.45) is 5.92 Å². The van der Waals surface area contributed by atoms with Gasteiger partial charge in [-0.25, -0.2) is 0 Å². The van der Waals surface area contributed by atoms with E-state index in [1.165, 1.54) is 58.2 Å². The number of nitrogens with one attached hydrogen (secondary N) is 2. The van der Waals surface area contributed by atoms with Crippen molar-refractivity contribution in [3.8, 4) is 0 Å². The van der Waals surface area contributed by atoms with E-state index in [2.05, 4.69) is 15.5 Å². The third kappa shape index (κ3) is 3.94. The minimum Gasteiger partial charge on any atom is -0.379 e. The summed E-state index contributed by atoms with van der Waals surface area (Å²) in [5, 5.41) is 7.49. The fourth-order valence-electron chi connectivity index (χ4n) is 4.18. The van der Waals surface area contributed by atoms with E-state index >= 15 is 0 Å². The predicted octanol–water partition coefficient (Wildman–Crippen LogP) is 1.22. The summed E-state index contributed by atoms with van der Waals surface area (Å²) >= 11 is 0. The van der Waals surface area contributed by atoms with E-state index in [-0.39, 0.29) is 0 Å². The van der Waals surface area contributed by atoms with Crippen LogP contribution in [0, 0.1) is 5.92 Å². The van der Waals surface area contributed by atoms with Crippen molar-refractivity contribution < 1.29 is 4.74 Å². The summed E-state index contributed by atoms with van der Waals surface area (Å²) in [5.41, 5.74) is 0. The highest BCUT2D eigenvalue weighted by atomic mass is 16.5. The average Bonchev–Trinajstić information content (AvgIpc) is 2.98. The van der Waals surface area contributed by atoms with Crippen LogP contribution in [0.4, 0.5) is 0 Å². The van der Waals surface area contributed by atoms with E-state index < -0.39 is 0 Å². The minimum absolute atomic E-state index is 0.582. The lowest BCUT2D eigenvalue weighted by Crippen LogP contribution is -2.51. The van der Waals surface area contributed by atoms with Crippen LogP contribution in [-0.2, 0) is 4.74 Å². The van der Waals surface area contributed by atoms with Gasteiger partial charge in [0, 0.05) is 31.7 Å². The molecule has 0 radical (unpaired) electrons. The second-order valence-corrected chi connectivity index (χ2v) is 6.69. The zero-order valence-corrected chi connectivity index (χ0v) is 12.8. The van der Waals surface area contributed by atoms with Gasteiger partial charge in [-0.1, -0.05) is 12.8 Å². The summed E-state index contributed by atoms with van der Waals surface area (Å²) in [6, 6.07) is 1.29. The lowest BCUT2D eigenvalue weighted by Gasteiger charge is -2.33.